The molecule has 8 nitrogen and oxygen atoms in total. The summed E-state index contributed by atoms with van der Waals surface area (Å²) in [4.78, 5) is 33.7. The van der Waals surface area contributed by atoms with Gasteiger partial charge < -0.3 is 20.7 Å². The minimum Gasteiger partial charge on any atom is -0.462 e. The Morgan fingerprint density at radius 2 is 2.18 bits per heavy atom. The average molecular weight is 476 g/mol. The van der Waals surface area contributed by atoms with Crippen LogP contribution in [0, 0.1) is 12.8 Å². The van der Waals surface area contributed by atoms with E-state index in [-0.39, 0.29) is 18.0 Å². The molecule has 0 spiro atoms. The Balaban J connectivity index is 1.36. The van der Waals surface area contributed by atoms with Crippen LogP contribution >= 0.6 is 11.3 Å². The lowest BCUT2D eigenvalue weighted by Crippen LogP contribution is -2.37. The van der Waals surface area contributed by atoms with Gasteiger partial charge in [-0.25, -0.2) is 9.78 Å². The summed E-state index contributed by atoms with van der Waals surface area (Å²) in [5.74, 6) is 2.00. The summed E-state index contributed by atoms with van der Waals surface area (Å²) in [7, 11) is 0. The molecule has 1 aromatic carbocycles. The summed E-state index contributed by atoms with van der Waals surface area (Å²) in [6, 6.07) is 7.35. The maximum absolute atomic E-state index is 13.3. The summed E-state index contributed by atoms with van der Waals surface area (Å²) in [6.07, 6.45) is 5.71. The molecule has 0 saturated carbocycles. The molecule has 1 fully saturated rings. The number of urea groups is 1. The summed E-state index contributed by atoms with van der Waals surface area (Å²) >= 11 is 1.30. The SMILES string of the molecule is Cc1cc(OC2=CCC2C)ccc1N1C(=O)Nc2c(C(=O)N[C@@H]3CCNC3)sc3nccc1c23. The maximum Gasteiger partial charge on any atom is 0.331 e. The van der Waals surface area contributed by atoms with Crippen molar-refractivity contribution in [1.82, 2.24) is 15.6 Å². The highest BCUT2D eigenvalue weighted by Gasteiger charge is 2.34. The first-order chi connectivity index (χ1) is 16.5. The maximum atomic E-state index is 13.3. The van der Waals surface area contributed by atoms with E-state index in [0.29, 0.717) is 22.2 Å². The minimum absolute atomic E-state index is 0.0928. The summed E-state index contributed by atoms with van der Waals surface area (Å²) in [6.45, 7) is 5.75. The molecule has 9 heteroatoms. The molecular weight excluding hydrogens is 450 g/mol. The number of nitrogens with zero attached hydrogens (tertiary/aromatic N) is 2. The van der Waals surface area contributed by atoms with Crippen molar-refractivity contribution in [1.29, 1.82) is 0 Å². The zero-order valence-corrected chi connectivity index (χ0v) is 19.8. The molecule has 3 N–H and O–H groups in total. The van der Waals surface area contributed by atoms with E-state index in [4.69, 9.17) is 4.74 Å². The minimum atomic E-state index is -0.304. The fourth-order valence-corrected chi connectivity index (χ4v) is 5.71. The molecular formula is C25H25N5O3S. The van der Waals surface area contributed by atoms with E-state index in [1.54, 1.807) is 11.1 Å². The second kappa shape index (κ2) is 8.11. The van der Waals surface area contributed by atoms with E-state index in [2.05, 4.69) is 33.9 Å². The van der Waals surface area contributed by atoms with Crippen LogP contribution < -0.4 is 25.6 Å². The predicted octanol–water partition coefficient (Wildman–Crippen LogP) is 4.68. The van der Waals surface area contributed by atoms with Crippen LogP contribution in [-0.4, -0.2) is 36.1 Å². The van der Waals surface area contributed by atoms with Gasteiger partial charge in [-0.3, -0.25) is 9.69 Å². The van der Waals surface area contributed by atoms with Crippen LogP contribution in [0.5, 0.6) is 5.75 Å². The van der Waals surface area contributed by atoms with E-state index in [0.717, 1.165) is 58.9 Å². The van der Waals surface area contributed by atoms with Gasteiger partial charge in [0.25, 0.3) is 5.91 Å². The Labute approximate surface area is 201 Å². The van der Waals surface area contributed by atoms with Crippen molar-refractivity contribution in [2.24, 2.45) is 5.92 Å². The summed E-state index contributed by atoms with van der Waals surface area (Å²) in [5.41, 5.74) is 2.92. The Kier molecular flexibility index (Phi) is 5.04. The smallest absolute Gasteiger partial charge is 0.331 e. The monoisotopic (exact) mass is 475 g/mol. The van der Waals surface area contributed by atoms with Crippen molar-refractivity contribution in [3.63, 3.8) is 0 Å². The predicted molar refractivity (Wildman–Crippen MR) is 133 cm³/mol. The van der Waals surface area contributed by atoms with Gasteiger partial charge in [0.2, 0.25) is 0 Å². The number of amides is 3. The number of allylic oxidation sites excluding steroid dienone is 2. The molecule has 34 heavy (non-hydrogen) atoms. The van der Waals surface area contributed by atoms with Crippen LogP contribution in [0.4, 0.5) is 21.9 Å². The number of hydrogen-bond donors (Lipinski definition) is 3. The third-order valence-corrected chi connectivity index (χ3v) is 7.75. The zero-order valence-electron chi connectivity index (χ0n) is 19.0. The number of hydrogen-bond acceptors (Lipinski definition) is 6. The number of nitrogens with one attached hydrogen (secondary N) is 3. The van der Waals surface area contributed by atoms with Crippen LogP contribution in [0.15, 0.2) is 42.3 Å². The highest BCUT2D eigenvalue weighted by Crippen LogP contribution is 2.46. The average Bonchev–Trinajstić information content (AvgIpc) is 3.46. The molecule has 0 radical (unpaired) electrons. The van der Waals surface area contributed by atoms with Crippen LogP contribution in [0.3, 0.4) is 0 Å². The second-order valence-corrected chi connectivity index (χ2v) is 10.0. The highest BCUT2D eigenvalue weighted by atomic mass is 32.1. The van der Waals surface area contributed by atoms with E-state index in [1.807, 2.05) is 31.2 Å². The van der Waals surface area contributed by atoms with E-state index in [1.165, 1.54) is 11.3 Å². The lowest BCUT2D eigenvalue weighted by molar-refractivity contribution is 0.0945. The number of anilines is 3. The van der Waals surface area contributed by atoms with Gasteiger partial charge >= 0.3 is 6.03 Å². The van der Waals surface area contributed by atoms with Crippen molar-refractivity contribution < 1.29 is 14.3 Å². The lowest BCUT2D eigenvalue weighted by atomic mass is 9.95. The number of benzene rings is 1. The number of pyridine rings is 1. The summed E-state index contributed by atoms with van der Waals surface area (Å²) in [5, 5.41) is 10.1. The van der Waals surface area contributed by atoms with Crippen molar-refractivity contribution in [3.8, 4) is 5.75 Å². The number of thiophene rings is 1. The first-order valence-corrected chi connectivity index (χ1v) is 12.3. The molecule has 1 saturated heterocycles. The largest absolute Gasteiger partial charge is 0.462 e. The first kappa shape index (κ1) is 21.1. The van der Waals surface area contributed by atoms with Gasteiger partial charge in [-0.05, 0) is 62.2 Å². The molecule has 3 amide bonds. The van der Waals surface area contributed by atoms with Gasteiger partial charge in [-0.1, -0.05) is 6.92 Å². The van der Waals surface area contributed by atoms with Gasteiger partial charge in [0.1, 0.15) is 21.2 Å². The van der Waals surface area contributed by atoms with Gasteiger partial charge in [0.15, 0.2) is 0 Å². The zero-order chi connectivity index (χ0) is 23.4. The molecule has 2 aromatic heterocycles. The highest BCUT2D eigenvalue weighted by molar-refractivity contribution is 7.21. The van der Waals surface area contributed by atoms with Gasteiger partial charge in [0.05, 0.1) is 22.4 Å². The van der Waals surface area contributed by atoms with Crippen LogP contribution in [-0.2, 0) is 0 Å². The normalized spacial score (nSPS) is 21.2. The molecule has 2 aliphatic heterocycles. The van der Waals surface area contributed by atoms with E-state index >= 15 is 0 Å². The van der Waals surface area contributed by atoms with Crippen LogP contribution in [0.2, 0.25) is 0 Å². The molecule has 6 rings (SSSR count). The number of aryl methyl sites for hydroxylation is 1. The van der Waals surface area contributed by atoms with Crippen molar-refractivity contribution in [2.45, 2.75) is 32.7 Å². The lowest BCUT2D eigenvalue weighted by Gasteiger charge is -2.30. The topological polar surface area (TPSA) is 95.6 Å². The Bertz CT molecular complexity index is 1360. The molecule has 1 unspecified atom stereocenters. The third kappa shape index (κ3) is 3.43. The van der Waals surface area contributed by atoms with E-state index in [9.17, 15) is 9.59 Å². The third-order valence-electron chi connectivity index (χ3n) is 6.65. The molecule has 1 aliphatic carbocycles. The number of rotatable bonds is 5. The standard InChI is InChI=1S/C25H25N5O3S/c1-13-3-6-19(13)33-16-4-5-17(14(2)11-16)30-18-8-10-27-24-20(18)21(29-25(30)32)22(34-24)23(31)28-15-7-9-26-12-15/h4-6,8,10-11,13,15,26H,3,7,9,12H2,1-2H3,(H,28,31)(H,29,32)/t13?,15-/m1/s1. The van der Waals surface area contributed by atoms with E-state index < -0.39 is 0 Å². The van der Waals surface area contributed by atoms with Crippen molar-refractivity contribution in [2.75, 3.05) is 23.3 Å². The number of ether oxygens (including phenoxy) is 1. The molecule has 4 heterocycles. The molecule has 3 aromatic rings. The van der Waals surface area contributed by atoms with Gasteiger partial charge in [-0.15, -0.1) is 11.3 Å². The fourth-order valence-electron chi connectivity index (χ4n) is 4.68. The number of carbonyl (C=O) groups excluding carboxylic acids is 2. The van der Waals surface area contributed by atoms with Gasteiger partial charge in [0, 0.05) is 24.7 Å². The Hall–Kier alpha value is -3.43. The second-order valence-electron chi connectivity index (χ2n) is 9.04. The number of aromatic nitrogens is 1. The molecule has 3 aliphatic rings. The van der Waals surface area contributed by atoms with Crippen molar-refractivity contribution in [3.05, 3.63) is 52.7 Å². The molecule has 174 valence electrons. The van der Waals surface area contributed by atoms with Crippen molar-refractivity contribution >= 4 is 50.6 Å². The number of carbonyl (C=O) groups is 2. The first-order valence-electron chi connectivity index (χ1n) is 11.5. The Morgan fingerprint density at radius 3 is 2.88 bits per heavy atom. The quantitative estimate of drug-likeness (QED) is 0.498. The summed E-state index contributed by atoms with van der Waals surface area (Å²) < 4.78 is 6.00. The molecule has 0 bridgehead atoms. The van der Waals surface area contributed by atoms with Crippen LogP contribution in [0.1, 0.15) is 35.0 Å². The van der Waals surface area contributed by atoms with Gasteiger partial charge in [-0.2, -0.15) is 0 Å². The fraction of sp³-hybridized carbons (Fsp3) is 0.320. The molecule has 2 atom stereocenters. The van der Waals surface area contributed by atoms with Crippen LogP contribution in [0.25, 0.3) is 10.2 Å². The Morgan fingerprint density at radius 1 is 1.29 bits per heavy atom.